The third-order valence-corrected chi connectivity index (χ3v) is 2.99. The maximum Gasteiger partial charge on any atom is 0.150 e. The van der Waals surface area contributed by atoms with Crippen molar-refractivity contribution in [2.45, 2.75) is 32.6 Å². The molecule has 0 bridgehead atoms. The molecular formula is C14H19NO2. The van der Waals surface area contributed by atoms with Crippen LogP contribution in [0.15, 0.2) is 24.3 Å². The number of rotatable bonds is 3. The molecule has 0 N–H and O–H groups in total. The fraction of sp³-hybridized carbons (Fsp3) is 0.500. The summed E-state index contributed by atoms with van der Waals surface area (Å²) in [7, 11) is 0. The molecule has 0 aliphatic carbocycles. The van der Waals surface area contributed by atoms with Crippen LogP contribution in [0.1, 0.15) is 29.8 Å². The predicted molar refractivity (Wildman–Crippen MR) is 67.1 cm³/mol. The van der Waals surface area contributed by atoms with Gasteiger partial charge < -0.3 is 4.74 Å². The second-order valence-corrected chi connectivity index (χ2v) is 4.81. The van der Waals surface area contributed by atoms with E-state index in [1.165, 1.54) is 5.56 Å². The highest BCUT2D eigenvalue weighted by atomic mass is 16.5. The van der Waals surface area contributed by atoms with Gasteiger partial charge in [0, 0.05) is 25.2 Å². The number of aldehydes is 1. The lowest BCUT2D eigenvalue weighted by Crippen LogP contribution is -2.44. The van der Waals surface area contributed by atoms with Crippen molar-refractivity contribution >= 4 is 6.29 Å². The Labute approximate surface area is 102 Å². The van der Waals surface area contributed by atoms with Crippen molar-refractivity contribution in [3.63, 3.8) is 0 Å². The van der Waals surface area contributed by atoms with Crippen molar-refractivity contribution in [1.82, 2.24) is 4.90 Å². The van der Waals surface area contributed by atoms with Gasteiger partial charge in [0.05, 0.1) is 12.2 Å². The molecule has 0 aromatic heterocycles. The molecule has 2 rings (SSSR count). The summed E-state index contributed by atoms with van der Waals surface area (Å²) in [6.07, 6.45) is 1.47. The normalized spacial score (nSPS) is 25.8. The molecule has 2 unspecified atom stereocenters. The number of hydrogen-bond donors (Lipinski definition) is 0. The largest absolute Gasteiger partial charge is 0.373 e. The second kappa shape index (κ2) is 5.43. The first-order valence-corrected chi connectivity index (χ1v) is 6.09. The third-order valence-electron chi connectivity index (χ3n) is 2.99. The SMILES string of the molecule is CC1CN(Cc2cccc(C=O)c2)CC(C)O1. The lowest BCUT2D eigenvalue weighted by atomic mass is 10.1. The molecule has 0 amide bonds. The summed E-state index contributed by atoms with van der Waals surface area (Å²) in [6.45, 7) is 7.00. The zero-order valence-electron chi connectivity index (χ0n) is 10.4. The van der Waals surface area contributed by atoms with Crippen LogP contribution in [0.5, 0.6) is 0 Å². The average molecular weight is 233 g/mol. The monoisotopic (exact) mass is 233 g/mol. The molecule has 1 aromatic carbocycles. The minimum Gasteiger partial charge on any atom is -0.373 e. The van der Waals surface area contributed by atoms with Gasteiger partial charge in [-0.25, -0.2) is 0 Å². The third kappa shape index (κ3) is 3.38. The highest BCUT2D eigenvalue weighted by molar-refractivity contribution is 5.74. The van der Waals surface area contributed by atoms with Gasteiger partial charge in [0.1, 0.15) is 6.29 Å². The van der Waals surface area contributed by atoms with E-state index in [-0.39, 0.29) is 12.2 Å². The summed E-state index contributed by atoms with van der Waals surface area (Å²) in [5.74, 6) is 0. The summed E-state index contributed by atoms with van der Waals surface area (Å²) in [5, 5.41) is 0. The molecule has 0 spiro atoms. The van der Waals surface area contributed by atoms with Gasteiger partial charge in [-0.05, 0) is 25.5 Å². The van der Waals surface area contributed by atoms with Gasteiger partial charge in [-0.15, -0.1) is 0 Å². The number of carbonyl (C=O) groups is 1. The summed E-state index contributed by atoms with van der Waals surface area (Å²) in [5.41, 5.74) is 1.94. The fourth-order valence-corrected chi connectivity index (χ4v) is 2.44. The van der Waals surface area contributed by atoms with Gasteiger partial charge >= 0.3 is 0 Å². The van der Waals surface area contributed by atoms with E-state index in [2.05, 4.69) is 24.8 Å². The Hall–Kier alpha value is -1.19. The molecule has 1 saturated heterocycles. The smallest absolute Gasteiger partial charge is 0.150 e. The molecule has 17 heavy (non-hydrogen) atoms. The van der Waals surface area contributed by atoms with Crippen molar-refractivity contribution in [2.75, 3.05) is 13.1 Å². The quantitative estimate of drug-likeness (QED) is 0.749. The van der Waals surface area contributed by atoms with Crippen molar-refractivity contribution < 1.29 is 9.53 Å². The van der Waals surface area contributed by atoms with E-state index in [0.717, 1.165) is 31.5 Å². The first kappa shape index (κ1) is 12.3. The molecule has 0 saturated carbocycles. The Morgan fingerprint density at radius 3 is 2.71 bits per heavy atom. The van der Waals surface area contributed by atoms with Gasteiger partial charge in [0.25, 0.3) is 0 Å². The lowest BCUT2D eigenvalue weighted by molar-refractivity contribution is -0.0704. The highest BCUT2D eigenvalue weighted by Crippen LogP contribution is 2.14. The van der Waals surface area contributed by atoms with Gasteiger partial charge in [0.15, 0.2) is 0 Å². The summed E-state index contributed by atoms with van der Waals surface area (Å²) in [4.78, 5) is 13.1. The van der Waals surface area contributed by atoms with Gasteiger partial charge in [-0.3, -0.25) is 9.69 Å². The van der Waals surface area contributed by atoms with Crippen LogP contribution in [0.25, 0.3) is 0 Å². The minimum absolute atomic E-state index is 0.285. The zero-order chi connectivity index (χ0) is 12.3. The predicted octanol–water partition coefficient (Wildman–Crippen LogP) is 2.11. The molecular weight excluding hydrogens is 214 g/mol. The van der Waals surface area contributed by atoms with E-state index in [0.29, 0.717) is 0 Å². The molecule has 1 aliphatic heterocycles. The molecule has 1 fully saturated rings. The Morgan fingerprint density at radius 2 is 2.06 bits per heavy atom. The molecule has 2 atom stereocenters. The summed E-state index contributed by atoms with van der Waals surface area (Å²) < 4.78 is 5.70. The number of hydrogen-bond acceptors (Lipinski definition) is 3. The molecule has 92 valence electrons. The zero-order valence-corrected chi connectivity index (χ0v) is 10.4. The van der Waals surface area contributed by atoms with E-state index in [1.54, 1.807) is 0 Å². The van der Waals surface area contributed by atoms with Crippen molar-refractivity contribution in [3.05, 3.63) is 35.4 Å². The Morgan fingerprint density at radius 1 is 1.35 bits per heavy atom. The van der Waals surface area contributed by atoms with Crippen LogP contribution in [0, 0.1) is 0 Å². The van der Waals surface area contributed by atoms with Crippen LogP contribution in [-0.4, -0.2) is 36.5 Å². The van der Waals surface area contributed by atoms with E-state index in [4.69, 9.17) is 4.74 Å². The molecule has 1 aliphatic rings. The minimum atomic E-state index is 0.285. The van der Waals surface area contributed by atoms with Gasteiger partial charge in [-0.1, -0.05) is 18.2 Å². The molecule has 0 radical (unpaired) electrons. The van der Waals surface area contributed by atoms with E-state index in [9.17, 15) is 4.79 Å². The highest BCUT2D eigenvalue weighted by Gasteiger charge is 2.21. The van der Waals surface area contributed by atoms with E-state index < -0.39 is 0 Å². The van der Waals surface area contributed by atoms with Crippen molar-refractivity contribution in [2.24, 2.45) is 0 Å². The Kier molecular flexibility index (Phi) is 3.92. The van der Waals surface area contributed by atoms with E-state index >= 15 is 0 Å². The molecule has 3 heteroatoms. The molecule has 3 nitrogen and oxygen atoms in total. The van der Waals surface area contributed by atoms with Crippen LogP contribution in [0.3, 0.4) is 0 Å². The standard InChI is InChI=1S/C14H19NO2/c1-11-7-15(8-12(2)17-11)9-13-4-3-5-14(6-13)10-16/h3-6,10-12H,7-9H2,1-2H3. The van der Waals surface area contributed by atoms with Crippen LogP contribution in [0.4, 0.5) is 0 Å². The Bertz CT molecular complexity index is 382. The summed E-state index contributed by atoms with van der Waals surface area (Å²) in [6, 6.07) is 7.79. The van der Waals surface area contributed by atoms with Crippen molar-refractivity contribution in [3.8, 4) is 0 Å². The maximum atomic E-state index is 10.7. The first-order chi connectivity index (χ1) is 8.17. The van der Waals surface area contributed by atoms with Crippen LogP contribution >= 0.6 is 0 Å². The van der Waals surface area contributed by atoms with Crippen molar-refractivity contribution in [1.29, 1.82) is 0 Å². The molecule has 1 heterocycles. The maximum absolute atomic E-state index is 10.7. The number of morpholine rings is 1. The lowest BCUT2D eigenvalue weighted by Gasteiger charge is -2.35. The fourth-order valence-electron chi connectivity index (χ4n) is 2.44. The van der Waals surface area contributed by atoms with E-state index in [1.807, 2.05) is 18.2 Å². The number of benzene rings is 1. The average Bonchev–Trinajstić information content (AvgIpc) is 2.28. The number of ether oxygens (including phenoxy) is 1. The van der Waals surface area contributed by atoms with Crippen LogP contribution in [0.2, 0.25) is 0 Å². The summed E-state index contributed by atoms with van der Waals surface area (Å²) >= 11 is 0. The Balaban J connectivity index is 2.01. The number of carbonyl (C=O) groups excluding carboxylic acids is 1. The van der Waals surface area contributed by atoms with Gasteiger partial charge in [-0.2, -0.15) is 0 Å². The first-order valence-electron chi connectivity index (χ1n) is 6.09. The number of nitrogens with zero attached hydrogens (tertiary/aromatic N) is 1. The van der Waals surface area contributed by atoms with Gasteiger partial charge in [0.2, 0.25) is 0 Å². The topological polar surface area (TPSA) is 29.5 Å². The molecule has 1 aromatic rings. The van der Waals surface area contributed by atoms with Crippen LogP contribution in [-0.2, 0) is 11.3 Å². The second-order valence-electron chi connectivity index (χ2n) is 4.81. The van der Waals surface area contributed by atoms with Crippen LogP contribution < -0.4 is 0 Å².